The van der Waals surface area contributed by atoms with Crippen molar-refractivity contribution in [2.75, 3.05) is 24.6 Å². The Bertz CT molecular complexity index is 777. The normalized spacial score (nSPS) is 16.3. The van der Waals surface area contributed by atoms with Gasteiger partial charge in [0.15, 0.2) is 6.61 Å². The van der Waals surface area contributed by atoms with Gasteiger partial charge in [-0.3, -0.25) is 9.69 Å². The zero-order valence-electron chi connectivity index (χ0n) is 14.3. The first-order valence-corrected chi connectivity index (χ1v) is 8.21. The number of aryl methyl sites for hydroxylation is 1. The van der Waals surface area contributed by atoms with E-state index < -0.39 is 12.2 Å². The lowest BCUT2D eigenvalue weighted by atomic mass is 10.2. The number of carbonyl (C=O) groups excluding carboxylic acids is 2. The van der Waals surface area contributed by atoms with Crippen molar-refractivity contribution in [2.24, 2.45) is 0 Å². The number of anilines is 1. The van der Waals surface area contributed by atoms with Crippen LogP contribution in [-0.4, -0.2) is 37.8 Å². The second-order valence-corrected chi connectivity index (χ2v) is 6.00. The predicted molar refractivity (Wildman–Crippen MR) is 93.7 cm³/mol. The molecule has 6 nitrogen and oxygen atoms in total. The fourth-order valence-electron chi connectivity index (χ4n) is 2.52. The molecule has 1 saturated heterocycles. The van der Waals surface area contributed by atoms with Crippen molar-refractivity contribution < 1.29 is 23.5 Å². The number of cyclic esters (lactones) is 1. The third kappa shape index (κ3) is 4.50. The predicted octanol–water partition coefficient (Wildman–Crippen LogP) is 2.65. The fourth-order valence-corrected chi connectivity index (χ4v) is 2.52. The summed E-state index contributed by atoms with van der Waals surface area (Å²) in [5.41, 5.74) is 1.66. The van der Waals surface area contributed by atoms with E-state index in [1.807, 2.05) is 19.1 Å². The number of benzene rings is 2. The first-order chi connectivity index (χ1) is 12.5. The second-order valence-electron chi connectivity index (χ2n) is 6.00. The quantitative estimate of drug-likeness (QED) is 0.862. The number of halogens is 1. The standard InChI is InChI=1S/C19H19FN2O4/c1-13-2-8-16(9-3-13)25-12-18(23)21-10-17-11-22(19(24)26-17)15-6-4-14(20)5-7-15/h2-9,17H,10-12H2,1H3,(H,21,23). The highest BCUT2D eigenvalue weighted by molar-refractivity contribution is 5.89. The molecule has 26 heavy (non-hydrogen) atoms. The van der Waals surface area contributed by atoms with Crippen LogP contribution in [0.2, 0.25) is 0 Å². The molecular weight excluding hydrogens is 339 g/mol. The van der Waals surface area contributed by atoms with Gasteiger partial charge >= 0.3 is 6.09 Å². The summed E-state index contributed by atoms with van der Waals surface area (Å²) in [5, 5.41) is 2.68. The molecule has 2 amide bonds. The molecule has 136 valence electrons. The minimum Gasteiger partial charge on any atom is -0.484 e. The highest BCUT2D eigenvalue weighted by Crippen LogP contribution is 2.21. The Kier molecular flexibility index (Phi) is 5.36. The maximum absolute atomic E-state index is 13.0. The molecule has 3 rings (SSSR count). The summed E-state index contributed by atoms with van der Waals surface area (Å²) in [6.45, 7) is 2.31. The molecule has 1 aliphatic heterocycles. The van der Waals surface area contributed by atoms with Crippen LogP contribution in [0.1, 0.15) is 5.56 Å². The van der Waals surface area contributed by atoms with E-state index >= 15 is 0 Å². The Hall–Kier alpha value is -3.09. The van der Waals surface area contributed by atoms with Crippen LogP contribution >= 0.6 is 0 Å². The van der Waals surface area contributed by atoms with E-state index in [2.05, 4.69) is 5.32 Å². The van der Waals surface area contributed by atoms with Crippen molar-refractivity contribution in [2.45, 2.75) is 13.0 Å². The average molecular weight is 358 g/mol. The summed E-state index contributed by atoms with van der Waals surface area (Å²) in [4.78, 5) is 25.2. The van der Waals surface area contributed by atoms with Crippen LogP contribution in [0.25, 0.3) is 0 Å². The highest BCUT2D eigenvalue weighted by Gasteiger charge is 2.32. The van der Waals surface area contributed by atoms with Crippen LogP contribution in [0.15, 0.2) is 48.5 Å². The van der Waals surface area contributed by atoms with Crippen LogP contribution in [0, 0.1) is 12.7 Å². The average Bonchev–Trinajstić information content (AvgIpc) is 3.01. The van der Waals surface area contributed by atoms with Crippen molar-refractivity contribution in [3.8, 4) is 5.75 Å². The van der Waals surface area contributed by atoms with Gasteiger partial charge in [0, 0.05) is 5.69 Å². The SMILES string of the molecule is Cc1ccc(OCC(=O)NCC2CN(c3ccc(F)cc3)C(=O)O2)cc1. The van der Waals surface area contributed by atoms with Gasteiger partial charge < -0.3 is 14.8 Å². The van der Waals surface area contributed by atoms with E-state index in [-0.39, 0.29) is 31.4 Å². The minimum absolute atomic E-state index is 0.120. The fraction of sp³-hybridized carbons (Fsp3) is 0.263. The summed E-state index contributed by atoms with van der Waals surface area (Å²) in [7, 11) is 0. The number of rotatable bonds is 6. The van der Waals surface area contributed by atoms with Crippen molar-refractivity contribution >= 4 is 17.7 Å². The van der Waals surface area contributed by atoms with E-state index in [1.165, 1.54) is 29.2 Å². The third-order valence-corrected chi connectivity index (χ3v) is 3.93. The largest absolute Gasteiger partial charge is 0.484 e. The number of carbonyl (C=O) groups is 2. The maximum atomic E-state index is 13.0. The third-order valence-electron chi connectivity index (χ3n) is 3.93. The van der Waals surface area contributed by atoms with Crippen molar-refractivity contribution in [1.29, 1.82) is 0 Å². The van der Waals surface area contributed by atoms with E-state index in [9.17, 15) is 14.0 Å². The first-order valence-electron chi connectivity index (χ1n) is 8.21. The topological polar surface area (TPSA) is 67.9 Å². The van der Waals surface area contributed by atoms with Crippen LogP contribution in [-0.2, 0) is 9.53 Å². The molecule has 0 spiro atoms. The first kappa shape index (κ1) is 17.7. The number of nitrogens with one attached hydrogen (secondary N) is 1. The summed E-state index contributed by atoms with van der Waals surface area (Å²) in [5.74, 6) is -0.0684. The zero-order chi connectivity index (χ0) is 18.5. The molecule has 0 aliphatic carbocycles. The minimum atomic E-state index is -0.522. The molecule has 1 fully saturated rings. The van der Waals surface area contributed by atoms with Gasteiger partial charge in [0.1, 0.15) is 17.7 Å². The number of hydrogen-bond acceptors (Lipinski definition) is 4. The number of nitrogens with zero attached hydrogens (tertiary/aromatic N) is 1. The monoisotopic (exact) mass is 358 g/mol. The van der Waals surface area contributed by atoms with Gasteiger partial charge in [-0.2, -0.15) is 0 Å². The number of amides is 2. The lowest BCUT2D eigenvalue weighted by molar-refractivity contribution is -0.123. The van der Waals surface area contributed by atoms with E-state index in [4.69, 9.17) is 9.47 Å². The Labute approximate surface area is 150 Å². The van der Waals surface area contributed by atoms with E-state index in [0.717, 1.165) is 5.56 Å². The number of ether oxygens (including phenoxy) is 2. The van der Waals surface area contributed by atoms with Crippen LogP contribution in [0.4, 0.5) is 14.9 Å². The molecule has 2 aromatic rings. The molecule has 7 heteroatoms. The molecule has 1 atom stereocenters. The van der Waals surface area contributed by atoms with Crippen LogP contribution < -0.4 is 15.0 Å². The van der Waals surface area contributed by atoms with Gasteiger partial charge in [-0.15, -0.1) is 0 Å². The summed E-state index contributed by atoms with van der Waals surface area (Å²) in [6, 6.07) is 13.0. The lowest BCUT2D eigenvalue weighted by Gasteiger charge is -2.13. The molecule has 1 heterocycles. The smallest absolute Gasteiger partial charge is 0.414 e. The number of hydrogen-bond donors (Lipinski definition) is 1. The Balaban J connectivity index is 1.44. The van der Waals surface area contributed by atoms with Gasteiger partial charge in [-0.1, -0.05) is 17.7 Å². The van der Waals surface area contributed by atoms with Gasteiger partial charge in [-0.25, -0.2) is 9.18 Å². The Morgan fingerprint density at radius 2 is 1.92 bits per heavy atom. The van der Waals surface area contributed by atoms with Gasteiger partial charge in [0.05, 0.1) is 13.1 Å². The summed E-state index contributed by atoms with van der Waals surface area (Å²) >= 11 is 0. The maximum Gasteiger partial charge on any atom is 0.414 e. The molecule has 0 aromatic heterocycles. The molecule has 1 aliphatic rings. The van der Waals surface area contributed by atoms with E-state index in [1.54, 1.807) is 12.1 Å². The van der Waals surface area contributed by atoms with Crippen molar-refractivity contribution in [3.05, 3.63) is 59.9 Å². The molecule has 0 radical (unpaired) electrons. The Morgan fingerprint density at radius 3 is 2.62 bits per heavy atom. The molecule has 0 saturated carbocycles. The summed E-state index contributed by atoms with van der Waals surface area (Å²) < 4.78 is 23.6. The lowest BCUT2D eigenvalue weighted by Crippen LogP contribution is -2.37. The van der Waals surface area contributed by atoms with Gasteiger partial charge in [-0.05, 0) is 43.3 Å². The second kappa shape index (κ2) is 7.86. The molecule has 1 unspecified atom stereocenters. The molecule has 2 aromatic carbocycles. The molecule has 0 bridgehead atoms. The summed E-state index contributed by atoms with van der Waals surface area (Å²) in [6.07, 6.45) is -0.998. The highest BCUT2D eigenvalue weighted by atomic mass is 19.1. The van der Waals surface area contributed by atoms with Crippen molar-refractivity contribution in [3.63, 3.8) is 0 Å². The van der Waals surface area contributed by atoms with Gasteiger partial charge in [0.25, 0.3) is 5.91 Å². The Morgan fingerprint density at radius 1 is 1.23 bits per heavy atom. The van der Waals surface area contributed by atoms with Crippen LogP contribution in [0.5, 0.6) is 5.75 Å². The van der Waals surface area contributed by atoms with Crippen molar-refractivity contribution in [1.82, 2.24) is 5.32 Å². The zero-order valence-corrected chi connectivity index (χ0v) is 14.3. The van der Waals surface area contributed by atoms with Crippen LogP contribution in [0.3, 0.4) is 0 Å². The van der Waals surface area contributed by atoms with Gasteiger partial charge in [0.2, 0.25) is 0 Å². The molecular formula is C19H19FN2O4. The molecule has 1 N–H and O–H groups in total. The van der Waals surface area contributed by atoms with E-state index in [0.29, 0.717) is 11.4 Å².